The number of aromatic amines is 1. The van der Waals surface area contributed by atoms with E-state index < -0.39 is 0 Å². The first kappa shape index (κ1) is 8.25. The molecular formula is C8H12N4O. The van der Waals surface area contributed by atoms with Crippen LogP contribution < -0.4 is 10.2 Å². The molecule has 2 N–H and O–H groups in total. The fourth-order valence-electron chi connectivity index (χ4n) is 1.42. The zero-order valence-electron chi connectivity index (χ0n) is 7.29. The summed E-state index contributed by atoms with van der Waals surface area (Å²) >= 11 is 0. The summed E-state index contributed by atoms with van der Waals surface area (Å²) in [6.45, 7) is 3.81. The van der Waals surface area contributed by atoms with Crippen molar-refractivity contribution in [1.29, 1.82) is 0 Å². The Balaban J connectivity index is 2.09. The number of hydrogen-bond donors (Lipinski definition) is 2. The molecule has 5 nitrogen and oxygen atoms in total. The second kappa shape index (κ2) is 3.57. The van der Waals surface area contributed by atoms with Gasteiger partial charge < -0.3 is 15.2 Å². The minimum atomic E-state index is 0.466. The fourth-order valence-corrected chi connectivity index (χ4v) is 1.42. The third-order valence-electron chi connectivity index (χ3n) is 2.12. The molecule has 5 heteroatoms. The van der Waals surface area contributed by atoms with Crippen LogP contribution >= 0.6 is 0 Å². The Morgan fingerprint density at radius 3 is 2.85 bits per heavy atom. The molecule has 0 saturated carbocycles. The highest BCUT2D eigenvalue weighted by Gasteiger charge is 2.12. The predicted molar refractivity (Wildman–Crippen MR) is 49.1 cm³/mol. The van der Waals surface area contributed by atoms with Crippen molar-refractivity contribution in [3.8, 4) is 0 Å². The van der Waals surface area contributed by atoms with Gasteiger partial charge in [0.2, 0.25) is 5.95 Å². The number of aldehydes is 1. The fraction of sp³-hybridized carbons (Fsp3) is 0.500. The van der Waals surface area contributed by atoms with Crippen LogP contribution in [-0.4, -0.2) is 42.4 Å². The predicted octanol–water partition coefficient (Wildman–Crippen LogP) is -0.368. The van der Waals surface area contributed by atoms with Crippen LogP contribution in [0, 0.1) is 0 Å². The van der Waals surface area contributed by atoms with Crippen molar-refractivity contribution in [3.63, 3.8) is 0 Å². The van der Waals surface area contributed by atoms with Gasteiger partial charge in [-0.25, -0.2) is 4.98 Å². The van der Waals surface area contributed by atoms with Crippen molar-refractivity contribution in [2.24, 2.45) is 0 Å². The van der Waals surface area contributed by atoms with Gasteiger partial charge in [-0.3, -0.25) is 4.79 Å². The van der Waals surface area contributed by atoms with Gasteiger partial charge in [-0.05, 0) is 0 Å². The lowest BCUT2D eigenvalue weighted by atomic mass is 10.4. The first-order valence-corrected chi connectivity index (χ1v) is 4.36. The van der Waals surface area contributed by atoms with E-state index in [0.29, 0.717) is 5.69 Å². The molecule has 0 atom stereocenters. The third-order valence-corrected chi connectivity index (χ3v) is 2.12. The number of nitrogens with one attached hydrogen (secondary N) is 2. The number of hydrogen-bond acceptors (Lipinski definition) is 4. The molecule has 1 aromatic heterocycles. The molecular weight excluding hydrogens is 168 g/mol. The molecule has 2 rings (SSSR count). The van der Waals surface area contributed by atoms with E-state index in [0.717, 1.165) is 38.4 Å². The monoisotopic (exact) mass is 180 g/mol. The molecule has 0 unspecified atom stereocenters. The molecule has 13 heavy (non-hydrogen) atoms. The van der Waals surface area contributed by atoms with Crippen LogP contribution in [0.15, 0.2) is 6.20 Å². The smallest absolute Gasteiger partial charge is 0.203 e. The van der Waals surface area contributed by atoms with E-state index in [9.17, 15) is 4.79 Å². The average molecular weight is 180 g/mol. The molecule has 2 heterocycles. The highest BCUT2D eigenvalue weighted by Crippen LogP contribution is 2.08. The molecule has 1 aliphatic rings. The van der Waals surface area contributed by atoms with Gasteiger partial charge in [0.25, 0.3) is 0 Å². The standard InChI is InChI=1S/C8H12N4O/c13-6-7-5-10-8(11-7)12-3-1-9-2-4-12/h5-6,9H,1-4H2,(H,10,11). The summed E-state index contributed by atoms with van der Waals surface area (Å²) < 4.78 is 0. The second-order valence-electron chi connectivity index (χ2n) is 3.00. The van der Waals surface area contributed by atoms with Crippen LogP contribution in [0.4, 0.5) is 5.95 Å². The van der Waals surface area contributed by atoms with Crippen molar-refractivity contribution in [1.82, 2.24) is 15.3 Å². The van der Waals surface area contributed by atoms with Crippen molar-refractivity contribution < 1.29 is 4.79 Å². The maximum Gasteiger partial charge on any atom is 0.203 e. The van der Waals surface area contributed by atoms with E-state index in [4.69, 9.17) is 0 Å². The Kier molecular flexibility index (Phi) is 2.27. The Morgan fingerprint density at radius 1 is 1.46 bits per heavy atom. The van der Waals surface area contributed by atoms with Crippen LogP contribution in [-0.2, 0) is 0 Å². The van der Waals surface area contributed by atoms with E-state index in [1.165, 1.54) is 0 Å². The lowest BCUT2D eigenvalue weighted by Crippen LogP contribution is -2.44. The third kappa shape index (κ3) is 1.70. The number of aromatic nitrogens is 2. The Hall–Kier alpha value is -1.36. The molecule has 0 aliphatic carbocycles. The topological polar surface area (TPSA) is 61.0 Å². The van der Waals surface area contributed by atoms with Crippen LogP contribution in [0.5, 0.6) is 0 Å². The van der Waals surface area contributed by atoms with E-state index in [-0.39, 0.29) is 0 Å². The Labute approximate surface area is 76.2 Å². The zero-order valence-corrected chi connectivity index (χ0v) is 7.29. The van der Waals surface area contributed by atoms with Gasteiger partial charge in [-0.1, -0.05) is 0 Å². The number of rotatable bonds is 2. The highest BCUT2D eigenvalue weighted by molar-refractivity contribution is 5.72. The van der Waals surface area contributed by atoms with E-state index >= 15 is 0 Å². The highest BCUT2D eigenvalue weighted by atomic mass is 16.1. The number of carbonyl (C=O) groups excluding carboxylic acids is 1. The maximum absolute atomic E-state index is 10.4. The summed E-state index contributed by atoms with van der Waals surface area (Å²) in [5.74, 6) is 0.795. The lowest BCUT2D eigenvalue weighted by molar-refractivity contribution is 0.111. The summed E-state index contributed by atoms with van der Waals surface area (Å²) in [5, 5.41) is 3.25. The number of nitrogens with zero attached hydrogens (tertiary/aromatic N) is 2. The van der Waals surface area contributed by atoms with Gasteiger partial charge >= 0.3 is 0 Å². The lowest BCUT2D eigenvalue weighted by Gasteiger charge is -2.26. The van der Waals surface area contributed by atoms with Gasteiger partial charge in [-0.15, -0.1) is 0 Å². The summed E-state index contributed by atoms with van der Waals surface area (Å²) in [5.41, 5.74) is 0.466. The van der Waals surface area contributed by atoms with Crippen LogP contribution in [0.3, 0.4) is 0 Å². The molecule has 1 saturated heterocycles. The first-order valence-electron chi connectivity index (χ1n) is 4.36. The average Bonchev–Trinajstić information content (AvgIpc) is 2.67. The van der Waals surface area contributed by atoms with Crippen LogP contribution in [0.25, 0.3) is 0 Å². The van der Waals surface area contributed by atoms with Gasteiger partial charge in [0.15, 0.2) is 6.29 Å². The molecule has 0 amide bonds. The molecule has 0 bridgehead atoms. The Morgan fingerprint density at radius 2 is 2.23 bits per heavy atom. The summed E-state index contributed by atoms with van der Waals surface area (Å²) in [6, 6.07) is 0. The van der Waals surface area contributed by atoms with E-state index in [2.05, 4.69) is 20.2 Å². The summed E-state index contributed by atoms with van der Waals surface area (Å²) in [6.07, 6.45) is 2.38. The Bertz CT molecular complexity index is 290. The van der Waals surface area contributed by atoms with Gasteiger partial charge in [0, 0.05) is 32.4 Å². The molecule has 0 aromatic carbocycles. The van der Waals surface area contributed by atoms with Crippen molar-refractivity contribution in [3.05, 3.63) is 11.9 Å². The zero-order chi connectivity index (χ0) is 9.10. The number of imidazole rings is 1. The normalized spacial score (nSPS) is 17.4. The molecule has 1 fully saturated rings. The minimum Gasteiger partial charge on any atom is -0.340 e. The molecule has 1 aromatic rings. The van der Waals surface area contributed by atoms with Crippen molar-refractivity contribution in [2.45, 2.75) is 0 Å². The maximum atomic E-state index is 10.4. The van der Waals surface area contributed by atoms with Crippen LogP contribution in [0.2, 0.25) is 0 Å². The van der Waals surface area contributed by atoms with Crippen LogP contribution in [0.1, 0.15) is 10.5 Å². The van der Waals surface area contributed by atoms with Gasteiger partial charge in [0.05, 0.1) is 0 Å². The number of anilines is 1. The van der Waals surface area contributed by atoms with Crippen molar-refractivity contribution >= 4 is 12.2 Å². The first-order chi connectivity index (χ1) is 6.40. The van der Waals surface area contributed by atoms with E-state index in [1.807, 2.05) is 0 Å². The molecule has 1 aliphatic heterocycles. The van der Waals surface area contributed by atoms with Crippen molar-refractivity contribution in [2.75, 3.05) is 31.1 Å². The SMILES string of the molecule is O=Cc1c[nH]c(N2CCNCC2)n1. The van der Waals surface area contributed by atoms with E-state index in [1.54, 1.807) is 6.20 Å². The second-order valence-corrected chi connectivity index (χ2v) is 3.00. The van der Waals surface area contributed by atoms with Gasteiger partial charge in [0.1, 0.15) is 5.69 Å². The largest absolute Gasteiger partial charge is 0.340 e. The number of piperazine rings is 1. The summed E-state index contributed by atoms with van der Waals surface area (Å²) in [4.78, 5) is 19.6. The van der Waals surface area contributed by atoms with Gasteiger partial charge in [-0.2, -0.15) is 0 Å². The number of H-pyrrole nitrogens is 1. The summed E-state index contributed by atoms with van der Waals surface area (Å²) in [7, 11) is 0. The molecule has 70 valence electrons. The molecule has 0 radical (unpaired) electrons. The number of carbonyl (C=O) groups is 1. The molecule has 0 spiro atoms. The quantitative estimate of drug-likeness (QED) is 0.610. The minimum absolute atomic E-state index is 0.466.